The van der Waals surface area contributed by atoms with Gasteiger partial charge in [-0.15, -0.1) is 0 Å². The van der Waals surface area contributed by atoms with Crippen LogP contribution in [0.25, 0.3) is 11.1 Å². The highest BCUT2D eigenvalue weighted by molar-refractivity contribution is 9.10. The number of ether oxygens (including phenoxy) is 4. The second kappa shape index (κ2) is 12.4. The lowest BCUT2D eigenvalue weighted by Crippen LogP contribution is -2.17. The predicted octanol–water partition coefficient (Wildman–Crippen LogP) is 6.99. The van der Waals surface area contributed by atoms with Crippen LogP contribution in [0, 0.1) is 34.6 Å². The van der Waals surface area contributed by atoms with Gasteiger partial charge in [-0.2, -0.15) is 0 Å². The number of nitrogens with zero attached hydrogens (tertiary/aromatic N) is 1. The van der Waals surface area contributed by atoms with Crippen LogP contribution in [0.4, 0.5) is 0 Å². The number of carbonyl (C=O) groups is 2. The van der Waals surface area contributed by atoms with Gasteiger partial charge in [0.25, 0.3) is 0 Å². The summed E-state index contributed by atoms with van der Waals surface area (Å²) < 4.78 is 23.2. The van der Waals surface area contributed by atoms with Crippen molar-refractivity contribution in [3.05, 3.63) is 73.5 Å². The molecule has 0 radical (unpaired) electrons. The molecule has 0 spiro atoms. The zero-order valence-electron chi connectivity index (χ0n) is 23.2. The molecule has 0 saturated carbocycles. The molecular formula is C30H34BrNO6. The van der Waals surface area contributed by atoms with Crippen molar-refractivity contribution in [1.82, 2.24) is 4.98 Å². The van der Waals surface area contributed by atoms with Crippen LogP contribution in [-0.4, -0.2) is 37.2 Å². The van der Waals surface area contributed by atoms with Gasteiger partial charge in [-0.25, -0.2) is 9.59 Å². The molecule has 3 aromatic rings. The summed E-state index contributed by atoms with van der Waals surface area (Å²) in [6.45, 7) is 13.8. The van der Waals surface area contributed by atoms with Gasteiger partial charge < -0.3 is 18.9 Å². The van der Waals surface area contributed by atoms with E-state index >= 15 is 0 Å². The zero-order valence-corrected chi connectivity index (χ0v) is 24.8. The first kappa shape index (κ1) is 29.2. The number of esters is 2. The average Bonchev–Trinajstić information content (AvgIpc) is 2.85. The zero-order chi connectivity index (χ0) is 28.1. The molecule has 0 unspecified atom stereocenters. The van der Waals surface area contributed by atoms with Crippen molar-refractivity contribution in [1.29, 1.82) is 0 Å². The molecular weight excluding hydrogens is 550 g/mol. The SMILES string of the molecule is CCOC(=O)c1c(C)nc(C)c(C(=O)OCC)c1-c1cc(Br)c(OCc2cc(C)c(C)cc2C)c(OC)c1. The van der Waals surface area contributed by atoms with Crippen LogP contribution in [0.5, 0.6) is 11.5 Å². The number of halogens is 1. The first-order chi connectivity index (χ1) is 18.0. The fourth-order valence-electron chi connectivity index (χ4n) is 4.37. The minimum absolute atomic E-state index is 0.179. The van der Waals surface area contributed by atoms with Gasteiger partial charge in [0.05, 0.1) is 47.3 Å². The highest BCUT2D eigenvalue weighted by Gasteiger charge is 2.29. The van der Waals surface area contributed by atoms with Crippen LogP contribution in [0.15, 0.2) is 28.7 Å². The summed E-state index contributed by atoms with van der Waals surface area (Å²) >= 11 is 3.62. The molecule has 3 rings (SSSR count). The van der Waals surface area contributed by atoms with Gasteiger partial charge in [0.15, 0.2) is 11.5 Å². The number of aryl methyl sites for hydroxylation is 5. The topological polar surface area (TPSA) is 84.0 Å². The molecule has 7 nitrogen and oxygen atoms in total. The molecule has 38 heavy (non-hydrogen) atoms. The van der Waals surface area contributed by atoms with E-state index in [1.165, 1.54) is 11.1 Å². The number of aromatic nitrogens is 1. The second-order valence-corrected chi connectivity index (χ2v) is 9.84. The summed E-state index contributed by atoms with van der Waals surface area (Å²) in [5, 5.41) is 0. The number of pyridine rings is 1. The van der Waals surface area contributed by atoms with E-state index in [1.807, 2.05) is 0 Å². The molecule has 2 aromatic carbocycles. The molecule has 0 atom stereocenters. The van der Waals surface area contributed by atoms with Crippen molar-refractivity contribution in [3.8, 4) is 22.6 Å². The third kappa shape index (κ3) is 6.01. The molecule has 0 bridgehead atoms. The third-order valence-electron chi connectivity index (χ3n) is 6.36. The van der Waals surface area contributed by atoms with Gasteiger partial charge in [0, 0.05) is 5.56 Å². The number of hydrogen-bond donors (Lipinski definition) is 0. The maximum atomic E-state index is 13.1. The van der Waals surface area contributed by atoms with E-state index < -0.39 is 11.9 Å². The summed E-state index contributed by atoms with van der Waals surface area (Å²) in [7, 11) is 1.54. The summed E-state index contributed by atoms with van der Waals surface area (Å²) in [6, 6.07) is 7.81. The highest BCUT2D eigenvalue weighted by Crippen LogP contribution is 2.43. The fourth-order valence-corrected chi connectivity index (χ4v) is 4.93. The Morgan fingerprint density at radius 3 is 1.89 bits per heavy atom. The molecule has 0 fully saturated rings. The lowest BCUT2D eigenvalue weighted by atomic mass is 9.92. The van der Waals surface area contributed by atoms with Gasteiger partial charge >= 0.3 is 11.9 Å². The van der Waals surface area contributed by atoms with Gasteiger partial charge in [-0.3, -0.25) is 4.98 Å². The van der Waals surface area contributed by atoms with Crippen molar-refractivity contribution < 1.29 is 28.5 Å². The van der Waals surface area contributed by atoms with E-state index in [0.717, 1.165) is 11.1 Å². The minimum atomic E-state index is -0.571. The Balaban J connectivity index is 2.19. The van der Waals surface area contributed by atoms with Gasteiger partial charge in [-0.1, -0.05) is 12.1 Å². The van der Waals surface area contributed by atoms with Crippen LogP contribution in [0.3, 0.4) is 0 Å². The maximum absolute atomic E-state index is 13.1. The van der Waals surface area contributed by atoms with Gasteiger partial charge in [-0.05, 0) is 104 Å². The number of hydrogen-bond acceptors (Lipinski definition) is 7. The van der Waals surface area contributed by atoms with Crippen LogP contribution in [0.1, 0.15) is 68.2 Å². The summed E-state index contributed by atoms with van der Waals surface area (Å²) in [6.07, 6.45) is 0. The van der Waals surface area contributed by atoms with Crippen molar-refractivity contribution >= 4 is 27.9 Å². The summed E-state index contributed by atoms with van der Waals surface area (Å²) in [4.78, 5) is 30.6. The fraction of sp³-hybridized carbons (Fsp3) is 0.367. The second-order valence-electron chi connectivity index (χ2n) is 8.99. The average molecular weight is 585 g/mol. The van der Waals surface area contributed by atoms with E-state index in [1.54, 1.807) is 46.9 Å². The molecule has 1 heterocycles. The first-order valence-corrected chi connectivity index (χ1v) is 13.3. The van der Waals surface area contributed by atoms with Crippen molar-refractivity contribution in [2.24, 2.45) is 0 Å². The monoisotopic (exact) mass is 583 g/mol. The molecule has 0 saturated heterocycles. The number of rotatable bonds is 9. The smallest absolute Gasteiger partial charge is 0.340 e. The van der Waals surface area contributed by atoms with Crippen molar-refractivity contribution in [2.45, 2.75) is 55.1 Å². The van der Waals surface area contributed by atoms with E-state index in [2.05, 4.69) is 53.8 Å². The summed E-state index contributed by atoms with van der Waals surface area (Å²) in [5.74, 6) is -0.197. The number of methoxy groups -OCH3 is 1. The Morgan fingerprint density at radius 1 is 0.816 bits per heavy atom. The lowest BCUT2D eigenvalue weighted by Gasteiger charge is -2.20. The summed E-state index contributed by atoms with van der Waals surface area (Å²) in [5.41, 5.74) is 6.87. The molecule has 8 heteroatoms. The Labute approximate surface area is 232 Å². The van der Waals surface area contributed by atoms with E-state index in [-0.39, 0.29) is 24.3 Å². The Kier molecular flexibility index (Phi) is 9.55. The van der Waals surface area contributed by atoms with Gasteiger partial charge in [0.1, 0.15) is 6.61 Å². The predicted molar refractivity (Wildman–Crippen MR) is 150 cm³/mol. The van der Waals surface area contributed by atoms with E-state index in [9.17, 15) is 9.59 Å². The molecule has 0 N–H and O–H groups in total. The largest absolute Gasteiger partial charge is 0.493 e. The number of carbonyl (C=O) groups excluding carboxylic acids is 2. The molecule has 202 valence electrons. The maximum Gasteiger partial charge on any atom is 0.340 e. The normalized spacial score (nSPS) is 10.8. The lowest BCUT2D eigenvalue weighted by molar-refractivity contribution is 0.0525. The van der Waals surface area contributed by atoms with E-state index in [4.69, 9.17) is 18.9 Å². The highest BCUT2D eigenvalue weighted by atomic mass is 79.9. The first-order valence-electron chi connectivity index (χ1n) is 12.5. The van der Waals surface area contributed by atoms with Crippen LogP contribution < -0.4 is 9.47 Å². The Morgan fingerprint density at radius 2 is 1.37 bits per heavy atom. The third-order valence-corrected chi connectivity index (χ3v) is 6.95. The minimum Gasteiger partial charge on any atom is -0.493 e. The number of benzene rings is 2. The van der Waals surface area contributed by atoms with Crippen LogP contribution in [0.2, 0.25) is 0 Å². The quantitative estimate of drug-likeness (QED) is 0.251. The standard InChI is InChI=1S/C30H34BrNO6/c1-9-36-29(33)25-19(6)32-20(7)26(30(34)37-10-2)27(25)21-13-23(31)28(24(14-21)35-8)38-15-22-12-17(4)16(3)11-18(22)5/h11-14H,9-10,15H2,1-8H3. The molecule has 0 amide bonds. The molecule has 0 aliphatic heterocycles. The van der Waals surface area contributed by atoms with Crippen molar-refractivity contribution in [3.63, 3.8) is 0 Å². The van der Waals surface area contributed by atoms with Crippen LogP contribution in [-0.2, 0) is 16.1 Å². The van der Waals surface area contributed by atoms with Gasteiger partial charge in [0.2, 0.25) is 0 Å². The van der Waals surface area contributed by atoms with E-state index in [0.29, 0.717) is 45.1 Å². The Hall–Kier alpha value is -3.39. The van der Waals surface area contributed by atoms with Crippen LogP contribution >= 0.6 is 15.9 Å². The Bertz CT molecular complexity index is 1340. The van der Waals surface area contributed by atoms with Crippen molar-refractivity contribution in [2.75, 3.05) is 20.3 Å². The molecule has 0 aliphatic rings. The molecule has 1 aromatic heterocycles. The molecule has 0 aliphatic carbocycles.